The van der Waals surface area contributed by atoms with E-state index in [9.17, 15) is 4.79 Å². The van der Waals surface area contributed by atoms with Crippen molar-refractivity contribution in [3.63, 3.8) is 0 Å². The van der Waals surface area contributed by atoms with Crippen LogP contribution in [-0.2, 0) is 16.0 Å². The highest BCUT2D eigenvalue weighted by Gasteiger charge is 2.30. The largest absolute Gasteiger partial charge is 0.493 e. The SMILES string of the molecule is CCNc1c2c(nc3cc(OCCCN4CCCC4)c(OC)cc13)CCC2OC=O. The Morgan fingerprint density at radius 1 is 1.27 bits per heavy atom. The van der Waals surface area contributed by atoms with Crippen LogP contribution in [-0.4, -0.2) is 56.3 Å². The lowest BCUT2D eigenvalue weighted by atomic mass is 10.0. The maximum absolute atomic E-state index is 11.0. The normalized spacial score (nSPS) is 18.4. The summed E-state index contributed by atoms with van der Waals surface area (Å²) in [6, 6.07) is 3.95. The van der Waals surface area contributed by atoms with Crippen molar-refractivity contribution in [3.8, 4) is 11.5 Å². The quantitative estimate of drug-likeness (QED) is 0.470. The molecule has 0 spiro atoms. The zero-order chi connectivity index (χ0) is 20.9. The summed E-state index contributed by atoms with van der Waals surface area (Å²) in [7, 11) is 1.66. The van der Waals surface area contributed by atoms with E-state index >= 15 is 0 Å². The first-order chi connectivity index (χ1) is 14.7. The lowest BCUT2D eigenvalue weighted by Gasteiger charge is -2.19. The molecule has 2 aromatic rings. The van der Waals surface area contributed by atoms with Gasteiger partial charge in [0, 0.05) is 30.1 Å². The number of likely N-dealkylation sites (tertiary alicyclic amines) is 1. The van der Waals surface area contributed by atoms with Gasteiger partial charge in [-0.1, -0.05) is 0 Å². The minimum atomic E-state index is -0.254. The number of hydrogen-bond acceptors (Lipinski definition) is 7. The van der Waals surface area contributed by atoms with Gasteiger partial charge in [-0.15, -0.1) is 0 Å². The Morgan fingerprint density at radius 2 is 2.10 bits per heavy atom. The second kappa shape index (κ2) is 9.51. The van der Waals surface area contributed by atoms with Crippen LogP contribution in [0.1, 0.15) is 50.0 Å². The minimum Gasteiger partial charge on any atom is -0.493 e. The highest BCUT2D eigenvalue weighted by molar-refractivity contribution is 5.96. The molecule has 1 atom stereocenters. The molecule has 7 nitrogen and oxygen atoms in total. The zero-order valence-electron chi connectivity index (χ0n) is 17.9. The molecule has 0 radical (unpaired) electrons. The van der Waals surface area contributed by atoms with Gasteiger partial charge in [-0.2, -0.15) is 0 Å². The highest BCUT2D eigenvalue weighted by atomic mass is 16.5. The van der Waals surface area contributed by atoms with Crippen LogP contribution in [0, 0.1) is 0 Å². The second-order valence-electron chi connectivity index (χ2n) is 7.91. The number of methoxy groups -OCH3 is 1. The number of aryl methyl sites for hydroxylation is 1. The van der Waals surface area contributed by atoms with Crippen molar-refractivity contribution in [3.05, 3.63) is 23.4 Å². The number of rotatable bonds is 10. The van der Waals surface area contributed by atoms with Crippen molar-refractivity contribution >= 4 is 23.1 Å². The molecule has 0 bridgehead atoms. The molecular formula is C23H31N3O4. The standard InChI is InChI=1S/C23H31N3O4/c1-3-24-23-16-13-20(28-2)21(29-12-6-11-26-9-4-5-10-26)14-18(16)25-17-7-8-19(22(17)23)30-15-27/h13-15,19H,3-12H2,1-2H3,(H,24,25). The van der Waals surface area contributed by atoms with Crippen LogP contribution in [0.15, 0.2) is 12.1 Å². The summed E-state index contributed by atoms with van der Waals surface area (Å²) in [5.41, 5.74) is 3.81. The Hall–Kier alpha value is -2.54. The van der Waals surface area contributed by atoms with Gasteiger partial charge >= 0.3 is 0 Å². The summed E-state index contributed by atoms with van der Waals surface area (Å²) >= 11 is 0. The Labute approximate surface area is 177 Å². The maximum atomic E-state index is 11.0. The van der Waals surface area contributed by atoms with E-state index in [1.807, 2.05) is 12.1 Å². The lowest BCUT2D eigenvalue weighted by molar-refractivity contribution is -0.133. The van der Waals surface area contributed by atoms with Crippen LogP contribution < -0.4 is 14.8 Å². The number of carbonyl (C=O) groups is 1. The molecule has 7 heteroatoms. The van der Waals surface area contributed by atoms with E-state index in [0.717, 1.165) is 65.9 Å². The van der Waals surface area contributed by atoms with Gasteiger partial charge in [-0.25, -0.2) is 0 Å². The van der Waals surface area contributed by atoms with Gasteiger partial charge in [0.15, 0.2) is 11.5 Å². The van der Waals surface area contributed by atoms with Gasteiger partial charge < -0.3 is 24.4 Å². The number of hydrogen-bond donors (Lipinski definition) is 1. The molecule has 1 saturated heterocycles. The monoisotopic (exact) mass is 413 g/mol. The predicted molar refractivity (Wildman–Crippen MR) is 116 cm³/mol. The van der Waals surface area contributed by atoms with E-state index in [1.165, 1.54) is 25.9 Å². The fraction of sp³-hybridized carbons (Fsp3) is 0.565. The highest BCUT2D eigenvalue weighted by Crippen LogP contribution is 2.44. The van der Waals surface area contributed by atoms with E-state index in [4.69, 9.17) is 19.2 Å². The van der Waals surface area contributed by atoms with Crippen LogP contribution in [0.2, 0.25) is 0 Å². The van der Waals surface area contributed by atoms with Crippen LogP contribution >= 0.6 is 0 Å². The molecule has 1 fully saturated rings. The Morgan fingerprint density at radius 3 is 2.83 bits per heavy atom. The van der Waals surface area contributed by atoms with E-state index < -0.39 is 0 Å². The molecule has 1 unspecified atom stereocenters. The van der Waals surface area contributed by atoms with Gasteiger partial charge in [-0.3, -0.25) is 9.78 Å². The van der Waals surface area contributed by atoms with Crippen LogP contribution in [0.3, 0.4) is 0 Å². The Bertz CT molecular complexity index is 896. The molecular weight excluding hydrogens is 382 g/mol. The molecule has 1 N–H and O–H groups in total. The van der Waals surface area contributed by atoms with Crippen molar-refractivity contribution in [2.24, 2.45) is 0 Å². The molecule has 2 heterocycles. The van der Waals surface area contributed by atoms with Gasteiger partial charge in [0.2, 0.25) is 0 Å². The Balaban J connectivity index is 1.61. The number of fused-ring (bicyclic) bond motifs is 2. The number of aromatic nitrogens is 1. The molecule has 0 saturated carbocycles. The summed E-state index contributed by atoms with van der Waals surface area (Å²) in [4.78, 5) is 18.3. The third-order valence-corrected chi connectivity index (χ3v) is 6.00. The molecule has 0 amide bonds. The van der Waals surface area contributed by atoms with Gasteiger partial charge in [0.1, 0.15) is 6.10 Å². The third kappa shape index (κ3) is 4.17. The number of nitrogens with one attached hydrogen (secondary N) is 1. The predicted octanol–water partition coefficient (Wildman–Crippen LogP) is 3.70. The molecule has 1 aliphatic carbocycles. The van der Waals surface area contributed by atoms with Crippen molar-refractivity contribution in [2.45, 2.75) is 45.1 Å². The molecule has 30 heavy (non-hydrogen) atoms. The smallest absolute Gasteiger partial charge is 0.293 e. The van der Waals surface area contributed by atoms with Crippen LogP contribution in [0.5, 0.6) is 11.5 Å². The lowest BCUT2D eigenvalue weighted by Crippen LogP contribution is -2.21. The number of benzene rings is 1. The van der Waals surface area contributed by atoms with Crippen LogP contribution in [0.25, 0.3) is 10.9 Å². The molecule has 1 aromatic carbocycles. The van der Waals surface area contributed by atoms with Crippen molar-refractivity contribution < 1.29 is 19.0 Å². The third-order valence-electron chi connectivity index (χ3n) is 6.00. The number of pyridine rings is 1. The fourth-order valence-corrected chi connectivity index (χ4v) is 4.61. The average Bonchev–Trinajstić information content (AvgIpc) is 3.41. The maximum Gasteiger partial charge on any atom is 0.293 e. The van der Waals surface area contributed by atoms with Crippen molar-refractivity contribution in [1.82, 2.24) is 9.88 Å². The summed E-state index contributed by atoms with van der Waals surface area (Å²) in [5.74, 6) is 1.41. The fourth-order valence-electron chi connectivity index (χ4n) is 4.61. The second-order valence-corrected chi connectivity index (χ2v) is 7.91. The first kappa shape index (κ1) is 20.7. The molecule has 1 aliphatic heterocycles. The Kier molecular flexibility index (Phi) is 6.57. The molecule has 1 aromatic heterocycles. The number of anilines is 1. The number of carbonyl (C=O) groups excluding carboxylic acids is 1. The molecule has 162 valence electrons. The summed E-state index contributed by atoms with van der Waals surface area (Å²) in [5, 5.41) is 4.41. The van der Waals surface area contributed by atoms with E-state index in [1.54, 1.807) is 7.11 Å². The summed E-state index contributed by atoms with van der Waals surface area (Å²) in [6.07, 6.45) is 4.90. The van der Waals surface area contributed by atoms with Gasteiger partial charge in [0.05, 0.1) is 30.6 Å². The van der Waals surface area contributed by atoms with Crippen molar-refractivity contribution in [2.75, 3.05) is 45.2 Å². The van der Waals surface area contributed by atoms with Gasteiger partial charge in [-0.05, 0) is 58.2 Å². The van der Waals surface area contributed by atoms with E-state index in [2.05, 4.69) is 17.1 Å². The van der Waals surface area contributed by atoms with Crippen molar-refractivity contribution in [1.29, 1.82) is 0 Å². The topological polar surface area (TPSA) is 72.9 Å². The van der Waals surface area contributed by atoms with Crippen LogP contribution in [0.4, 0.5) is 5.69 Å². The zero-order valence-corrected chi connectivity index (χ0v) is 17.9. The number of ether oxygens (including phenoxy) is 3. The summed E-state index contributed by atoms with van der Waals surface area (Å²) < 4.78 is 17.1. The molecule has 2 aliphatic rings. The van der Waals surface area contributed by atoms with E-state index in [0.29, 0.717) is 18.8 Å². The first-order valence-corrected chi connectivity index (χ1v) is 11.0. The molecule has 4 rings (SSSR count). The van der Waals surface area contributed by atoms with E-state index in [-0.39, 0.29) is 6.10 Å². The summed E-state index contributed by atoms with van der Waals surface area (Å²) in [6.45, 7) is 7.48. The minimum absolute atomic E-state index is 0.254. The van der Waals surface area contributed by atoms with Gasteiger partial charge in [0.25, 0.3) is 6.47 Å². The average molecular weight is 414 g/mol. The number of nitrogens with zero attached hydrogens (tertiary/aromatic N) is 2. The first-order valence-electron chi connectivity index (χ1n) is 11.0.